The van der Waals surface area contributed by atoms with Gasteiger partial charge in [0.1, 0.15) is 6.33 Å². The number of nitrogens with zero attached hydrogens (tertiary/aromatic N) is 6. The monoisotopic (exact) mass is 354 g/mol. The SMILES string of the molecule is C[C@@H]1CN(C(=O)c2ccc3nncn3c2)C[C@H](c2nc(C3CC3)no2)O1. The number of hydrogen-bond acceptors (Lipinski definition) is 7. The van der Waals surface area contributed by atoms with E-state index in [9.17, 15) is 4.79 Å². The quantitative estimate of drug-likeness (QED) is 0.704. The second-order valence-corrected chi connectivity index (χ2v) is 6.92. The molecule has 0 bridgehead atoms. The molecule has 0 unspecified atom stereocenters. The van der Waals surface area contributed by atoms with Gasteiger partial charge < -0.3 is 14.2 Å². The molecule has 5 rings (SSSR count). The minimum absolute atomic E-state index is 0.0670. The molecular weight excluding hydrogens is 336 g/mol. The lowest BCUT2D eigenvalue weighted by molar-refractivity contribution is -0.0810. The summed E-state index contributed by atoms with van der Waals surface area (Å²) in [4.78, 5) is 19.2. The van der Waals surface area contributed by atoms with Crippen LogP contribution in [0.1, 0.15) is 53.9 Å². The predicted octanol–water partition coefficient (Wildman–Crippen LogP) is 1.59. The van der Waals surface area contributed by atoms with Gasteiger partial charge in [-0.3, -0.25) is 9.20 Å². The summed E-state index contributed by atoms with van der Waals surface area (Å²) >= 11 is 0. The molecule has 0 radical (unpaired) electrons. The van der Waals surface area contributed by atoms with E-state index in [0.717, 1.165) is 18.7 Å². The summed E-state index contributed by atoms with van der Waals surface area (Å²) in [7, 11) is 0. The van der Waals surface area contributed by atoms with Crippen LogP contribution in [0.15, 0.2) is 29.2 Å². The maximum atomic E-state index is 13.0. The van der Waals surface area contributed by atoms with Gasteiger partial charge in [-0.1, -0.05) is 5.16 Å². The van der Waals surface area contributed by atoms with Gasteiger partial charge >= 0.3 is 0 Å². The average molecular weight is 354 g/mol. The zero-order chi connectivity index (χ0) is 17.7. The van der Waals surface area contributed by atoms with Crippen LogP contribution in [0.3, 0.4) is 0 Å². The molecule has 1 aliphatic carbocycles. The molecule has 2 fully saturated rings. The fraction of sp³-hybridized carbons (Fsp3) is 0.471. The Morgan fingerprint density at radius 3 is 3.00 bits per heavy atom. The fourth-order valence-corrected chi connectivity index (χ4v) is 3.28. The summed E-state index contributed by atoms with van der Waals surface area (Å²) in [6.07, 6.45) is 5.02. The van der Waals surface area contributed by atoms with Crippen molar-refractivity contribution in [3.8, 4) is 0 Å². The third kappa shape index (κ3) is 2.74. The maximum absolute atomic E-state index is 13.0. The first-order valence-electron chi connectivity index (χ1n) is 8.75. The lowest BCUT2D eigenvalue weighted by atomic mass is 10.1. The second-order valence-electron chi connectivity index (χ2n) is 6.92. The lowest BCUT2D eigenvalue weighted by Gasteiger charge is -2.35. The fourth-order valence-electron chi connectivity index (χ4n) is 3.28. The van der Waals surface area contributed by atoms with Gasteiger partial charge in [-0.15, -0.1) is 10.2 Å². The molecule has 1 aliphatic heterocycles. The van der Waals surface area contributed by atoms with E-state index < -0.39 is 6.10 Å². The van der Waals surface area contributed by atoms with Crippen LogP contribution in [0.2, 0.25) is 0 Å². The standard InChI is InChI=1S/C17H18N6O3/c1-10-6-22(17(24)12-4-5-14-20-18-9-23(14)7-12)8-13(25-10)16-19-15(21-26-16)11-2-3-11/h4-5,7,9-11,13H,2-3,6,8H2,1H3/t10-,13-/m1/s1. The number of aromatic nitrogens is 5. The van der Waals surface area contributed by atoms with Crippen LogP contribution in [0.5, 0.6) is 0 Å². The van der Waals surface area contributed by atoms with Gasteiger partial charge in [0.25, 0.3) is 11.8 Å². The van der Waals surface area contributed by atoms with Crippen molar-refractivity contribution < 1.29 is 14.1 Å². The molecule has 0 spiro atoms. The van der Waals surface area contributed by atoms with Crippen molar-refractivity contribution in [3.05, 3.63) is 41.9 Å². The summed E-state index contributed by atoms with van der Waals surface area (Å²) < 4.78 is 13.1. The third-order valence-electron chi connectivity index (χ3n) is 4.76. The minimum Gasteiger partial charge on any atom is -0.362 e. The molecule has 3 aromatic rings. The van der Waals surface area contributed by atoms with Crippen LogP contribution in [-0.2, 0) is 4.74 Å². The Balaban J connectivity index is 1.37. The zero-order valence-electron chi connectivity index (χ0n) is 14.3. The molecule has 1 saturated heterocycles. The smallest absolute Gasteiger partial charge is 0.257 e. The zero-order valence-corrected chi connectivity index (χ0v) is 14.3. The van der Waals surface area contributed by atoms with Gasteiger partial charge in [-0.2, -0.15) is 4.98 Å². The highest BCUT2D eigenvalue weighted by Gasteiger charge is 2.35. The molecule has 2 aliphatic rings. The Morgan fingerprint density at radius 1 is 1.27 bits per heavy atom. The Bertz CT molecular complexity index is 962. The molecule has 9 heteroatoms. The van der Waals surface area contributed by atoms with Crippen molar-refractivity contribution in [1.29, 1.82) is 0 Å². The second kappa shape index (κ2) is 5.87. The van der Waals surface area contributed by atoms with Crippen molar-refractivity contribution in [2.75, 3.05) is 13.1 Å². The van der Waals surface area contributed by atoms with E-state index in [1.54, 1.807) is 34.0 Å². The van der Waals surface area contributed by atoms with E-state index in [0.29, 0.717) is 36.1 Å². The van der Waals surface area contributed by atoms with Crippen molar-refractivity contribution in [2.24, 2.45) is 0 Å². The Morgan fingerprint density at radius 2 is 2.15 bits per heavy atom. The van der Waals surface area contributed by atoms with Gasteiger partial charge in [0.05, 0.1) is 18.2 Å². The number of carbonyl (C=O) groups excluding carboxylic acids is 1. The topological polar surface area (TPSA) is 98.7 Å². The molecule has 26 heavy (non-hydrogen) atoms. The number of carbonyl (C=O) groups is 1. The molecule has 1 saturated carbocycles. The molecule has 3 aromatic heterocycles. The third-order valence-corrected chi connectivity index (χ3v) is 4.76. The molecular formula is C17H18N6O3. The van der Waals surface area contributed by atoms with Crippen LogP contribution in [0, 0.1) is 0 Å². The highest BCUT2D eigenvalue weighted by atomic mass is 16.5. The first kappa shape index (κ1) is 15.4. The Hall–Kier alpha value is -2.81. The molecule has 4 heterocycles. The van der Waals surface area contributed by atoms with E-state index in [2.05, 4.69) is 20.3 Å². The summed E-state index contributed by atoms with van der Waals surface area (Å²) in [5.74, 6) is 1.55. The van der Waals surface area contributed by atoms with Gasteiger partial charge in [0.2, 0.25) is 0 Å². The largest absolute Gasteiger partial charge is 0.362 e. The number of rotatable bonds is 3. The molecule has 1 amide bonds. The summed E-state index contributed by atoms with van der Waals surface area (Å²) in [6, 6.07) is 3.54. The van der Waals surface area contributed by atoms with E-state index >= 15 is 0 Å². The first-order valence-corrected chi connectivity index (χ1v) is 8.75. The van der Waals surface area contributed by atoms with E-state index in [4.69, 9.17) is 9.26 Å². The number of hydrogen-bond donors (Lipinski definition) is 0. The van der Waals surface area contributed by atoms with E-state index in [-0.39, 0.29) is 12.0 Å². The van der Waals surface area contributed by atoms with Gasteiger partial charge in [-0.25, -0.2) is 0 Å². The highest BCUT2D eigenvalue weighted by Crippen LogP contribution is 2.39. The number of morpholine rings is 1. The van der Waals surface area contributed by atoms with Crippen molar-refractivity contribution in [1.82, 2.24) is 29.6 Å². The number of amides is 1. The number of ether oxygens (including phenoxy) is 1. The number of fused-ring (bicyclic) bond motifs is 1. The van der Waals surface area contributed by atoms with E-state index in [1.165, 1.54) is 0 Å². The molecule has 0 aromatic carbocycles. The van der Waals surface area contributed by atoms with Gasteiger partial charge in [-0.05, 0) is 31.9 Å². The maximum Gasteiger partial charge on any atom is 0.257 e. The van der Waals surface area contributed by atoms with E-state index in [1.807, 2.05) is 6.92 Å². The van der Waals surface area contributed by atoms with Crippen LogP contribution in [0.25, 0.3) is 5.65 Å². The molecule has 134 valence electrons. The predicted molar refractivity (Wildman–Crippen MR) is 88.5 cm³/mol. The first-order chi connectivity index (χ1) is 12.7. The lowest BCUT2D eigenvalue weighted by Crippen LogP contribution is -2.46. The number of pyridine rings is 1. The molecule has 0 N–H and O–H groups in total. The average Bonchev–Trinajstić information content (AvgIpc) is 3.19. The van der Waals surface area contributed by atoms with Crippen molar-refractivity contribution in [3.63, 3.8) is 0 Å². The highest BCUT2D eigenvalue weighted by molar-refractivity contribution is 5.94. The summed E-state index contributed by atoms with van der Waals surface area (Å²) in [6.45, 7) is 2.84. The van der Waals surface area contributed by atoms with Crippen LogP contribution < -0.4 is 0 Å². The normalized spacial score (nSPS) is 23.5. The Kier molecular flexibility index (Phi) is 3.49. The van der Waals surface area contributed by atoms with Crippen LogP contribution >= 0.6 is 0 Å². The van der Waals surface area contributed by atoms with Crippen molar-refractivity contribution in [2.45, 2.75) is 37.9 Å². The van der Waals surface area contributed by atoms with Gasteiger partial charge in [0, 0.05) is 18.7 Å². The molecule has 2 atom stereocenters. The van der Waals surface area contributed by atoms with Crippen LogP contribution in [-0.4, -0.2) is 54.7 Å². The summed E-state index contributed by atoms with van der Waals surface area (Å²) in [5, 5.41) is 11.8. The summed E-state index contributed by atoms with van der Waals surface area (Å²) in [5.41, 5.74) is 1.28. The molecule has 9 nitrogen and oxygen atoms in total. The van der Waals surface area contributed by atoms with Crippen LogP contribution in [0.4, 0.5) is 0 Å². The Labute approximate surface area is 149 Å². The van der Waals surface area contributed by atoms with Gasteiger partial charge in [0.15, 0.2) is 17.6 Å². The van der Waals surface area contributed by atoms with Crippen molar-refractivity contribution >= 4 is 11.6 Å². The minimum atomic E-state index is -0.402.